The highest BCUT2D eigenvalue weighted by Crippen LogP contribution is 2.38. The molecule has 1 heterocycles. The molecule has 0 atom stereocenters. The number of aryl methyl sites for hydroxylation is 1. The normalized spacial score (nSPS) is 12.2. The van der Waals surface area contributed by atoms with E-state index >= 15 is 0 Å². The van der Waals surface area contributed by atoms with Gasteiger partial charge in [0.05, 0.1) is 0 Å². The monoisotopic (exact) mass is 282 g/mol. The summed E-state index contributed by atoms with van der Waals surface area (Å²) in [5, 5.41) is 0. The molecule has 0 amide bonds. The van der Waals surface area contributed by atoms with Crippen LogP contribution in [0, 0.1) is 6.92 Å². The Kier molecular flexibility index (Phi) is 3.82. The quantitative estimate of drug-likeness (QED) is 0.775. The fraction of sp³-hybridized carbons (Fsp3) is 0.222. The highest BCUT2D eigenvalue weighted by Gasteiger charge is 2.17. The molecule has 2 aromatic rings. The molecule has 0 N–H and O–H groups in total. The predicted molar refractivity (Wildman–Crippen MR) is 82.0 cm³/mol. The van der Waals surface area contributed by atoms with Crippen molar-refractivity contribution in [3.8, 4) is 17.2 Å². The molecule has 0 saturated heterocycles. The van der Waals surface area contributed by atoms with Gasteiger partial charge in [-0.3, -0.25) is 0 Å². The first-order valence-electron chi connectivity index (χ1n) is 6.98. The Morgan fingerprint density at radius 2 is 1.90 bits per heavy atom. The van der Waals surface area contributed by atoms with Gasteiger partial charge < -0.3 is 14.2 Å². The number of rotatable bonds is 5. The third kappa shape index (κ3) is 2.87. The summed E-state index contributed by atoms with van der Waals surface area (Å²) in [5.41, 5.74) is 3.46. The van der Waals surface area contributed by atoms with E-state index in [4.69, 9.17) is 14.2 Å². The second-order valence-electron chi connectivity index (χ2n) is 5.02. The van der Waals surface area contributed by atoms with Crippen LogP contribution >= 0.6 is 0 Å². The van der Waals surface area contributed by atoms with Crippen LogP contribution in [0.3, 0.4) is 0 Å². The first-order chi connectivity index (χ1) is 10.3. The standard InChI is InChI=1S/C18H18O3/c1-3-6-14-9-17-18(21-12-20-17)10-16(14)19-11-15-8-5-4-7-13(15)2/h3-5,7-10H,1,6,11-12H2,2H3. The Balaban J connectivity index is 1.84. The third-order valence-electron chi connectivity index (χ3n) is 3.56. The summed E-state index contributed by atoms with van der Waals surface area (Å²) in [6.45, 7) is 6.69. The lowest BCUT2D eigenvalue weighted by atomic mass is 10.1. The molecule has 3 rings (SSSR count). The van der Waals surface area contributed by atoms with Crippen molar-refractivity contribution >= 4 is 0 Å². The second kappa shape index (κ2) is 5.92. The lowest BCUT2D eigenvalue weighted by molar-refractivity contribution is 0.173. The van der Waals surface area contributed by atoms with E-state index in [9.17, 15) is 0 Å². The number of hydrogen-bond acceptors (Lipinski definition) is 3. The summed E-state index contributed by atoms with van der Waals surface area (Å²) in [6.07, 6.45) is 2.60. The Hall–Kier alpha value is -2.42. The van der Waals surface area contributed by atoms with Crippen molar-refractivity contribution in [2.24, 2.45) is 0 Å². The Bertz CT molecular complexity index is 662. The van der Waals surface area contributed by atoms with E-state index in [0.29, 0.717) is 6.61 Å². The largest absolute Gasteiger partial charge is 0.488 e. The average molecular weight is 282 g/mol. The molecule has 0 saturated carbocycles. The van der Waals surface area contributed by atoms with Crippen molar-refractivity contribution in [3.05, 3.63) is 65.7 Å². The van der Waals surface area contributed by atoms with E-state index < -0.39 is 0 Å². The van der Waals surface area contributed by atoms with E-state index in [2.05, 4.69) is 25.6 Å². The van der Waals surface area contributed by atoms with Crippen LogP contribution in [0.25, 0.3) is 0 Å². The molecule has 0 aliphatic carbocycles. The summed E-state index contributed by atoms with van der Waals surface area (Å²) in [6, 6.07) is 12.1. The van der Waals surface area contributed by atoms with Gasteiger partial charge in [0.15, 0.2) is 11.5 Å². The summed E-state index contributed by atoms with van der Waals surface area (Å²) in [7, 11) is 0. The maximum Gasteiger partial charge on any atom is 0.231 e. The van der Waals surface area contributed by atoms with E-state index in [1.165, 1.54) is 11.1 Å². The molecule has 0 fully saturated rings. The van der Waals surface area contributed by atoms with Gasteiger partial charge in [-0.2, -0.15) is 0 Å². The Morgan fingerprint density at radius 3 is 2.67 bits per heavy atom. The van der Waals surface area contributed by atoms with Gasteiger partial charge in [0.25, 0.3) is 0 Å². The summed E-state index contributed by atoms with van der Waals surface area (Å²) < 4.78 is 16.8. The fourth-order valence-corrected chi connectivity index (χ4v) is 2.34. The summed E-state index contributed by atoms with van der Waals surface area (Å²) in [5.74, 6) is 2.33. The van der Waals surface area contributed by atoms with Crippen LogP contribution < -0.4 is 14.2 Å². The molecular weight excluding hydrogens is 264 g/mol. The summed E-state index contributed by atoms with van der Waals surface area (Å²) >= 11 is 0. The molecule has 0 unspecified atom stereocenters. The Labute approximate surface area is 124 Å². The minimum atomic E-state index is 0.268. The van der Waals surface area contributed by atoms with Crippen LogP contribution in [0.15, 0.2) is 49.1 Å². The molecular formula is C18H18O3. The molecule has 0 bridgehead atoms. The predicted octanol–water partition coefficient (Wildman–Crippen LogP) is 4.03. The highest BCUT2D eigenvalue weighted by atomic mass is 16.7. The van der Waals surface area contributed by atoms with Crippen LogP contribution in [0.2, 0.25) is 0 Å². The lowest BCUT2D eigenvalue weighted by Crippen LogP contribution is -2.00. The topological polar surface area (TPSA) is 27.7 Å². The van der Waals surface area contributed by atoms with Crippen LogP contribution in [-0.2, 0) is 13.0 Å². The van der Waals surface area contributed by atoms with Crippen LogP contribution in [0.5, 0.6) is 17.2 Å². The van der Waals surface area contributed by atoms with Crippen LogP contribution in [-0.4, -0.2) is 6.79 Å². The van der Waals surface area contributed by atoms with Gasteiger partial charge in [-0.15, -0.1) is 6.58 Å². The number of allylic oxidation sites excluding steroid dienone is 1. The zero-order valence-corrected chi connectivity index (χ0v) is 12.1. The van der Waals surface area contributed by atoms with Crippen molar-refractivity contribution in [1.29, 1.82) is 0 Å². The van der Waals surface area contributed by atoms with Gasteiger partial charge in [-0.1, -0.05) is 30.3 Å². The SMILES string of the molecule is C=CCc1cc2c(cc1OCc1ccccc1C)OCO2. The van der Waals surface area contributed by atoms with E-state index in [0.717, 1.165) is 29.2 Å². The van der Waals surface area contributed by atoms with E-state index in [-0.39, 0.29) is 6.79 Å². The molecule has 108 valence electrons. The number of fused-ring (bicyclic) bond motifs is 1. The fourth-order valence-electron chi connectivity index (χ4n) is 2.34. The molecule has 21 heavy (non-hydrogen) atoms. The van der Waals surface area contributed by atoms with Gasteiger partial charge in [0.1, 0.15) is 12.4 Å². The maximum absolute atomic E-state index is 6.00. The molecule has 1 aliphatic heterocycles. The average Bonchev–Trinajstić information content (AvgIpc) is 2.94. The summed E-state index contributed by atoms with van der Waals surface area (Å²) in [4.78, 5) is 0. The number of ether oxygens (including phenoxy) is 3. The van der Waals surface area contributed by atoms with E-state index in [1.807, 2.05) is 30.3 Å². The second-order valence-corrected chi connectivity index (χ2v) is 5.02. The third-order valence-corrected chi connectivity index (χ3v) is 3.56. The number of benzene rings is 2. The zero-order valence-electron chi connectivity index (χ0n) is 12.1. The number of hydrogen-bond donors (Lipinski definition) is 0. The van der Waals surface area contributed by atoms with Gasteiger partial charge >= 0.3 is 0 Å². The maximum atomic E-state index is 6.00. The highest BCUT2D eigenvalue weighted by molar-refractivity contribution is 5.52. The molecule has 1 aliphatic rings. The smallest absolute Gasteiger partial charge is 0.231 e. The minimum absolute atomic E-state index is 0.268. The zero-order chi connectivity index (χ0) is 14.7. The molecule has 0 aromatic heterocycles. The van der Waals surface area contributed by atoms with Crippen molar-refractivity contribution < 1.29 is 14.2 Å². The molecule has 2 aromatic carbocycles. The first kappa shape index (κ1) is 13.6. The molecule has 3 nitrogen and oxygen atoms in total. The van der Waals surface area contributed by atoms with E-state index in [1.54, 1.807) is 0 Å². The molecule has 0 radical (unpaired) electrons. The van der Waals surface area contributed by atoms with Crippen molar-refractivity contribution in [1.82, 2.24) is 0 Å². The Morgan fingerprint density at radius 1 is 1.14 bits per heavy atom. The minimum Gasteiger partial charge on any atom is -0.488 e. The molecule has 0 spiro atoms. The van der Waals surface area contributed by atoms with Crippen molar-refractivity contribution in [2.45, 2.75) is 20.0 Å². The van der Waals surface area contributed by atoms with Crippen molar-refractivity contribution in [2.75, 3.05) is 6.79 Å². The molecule has 3 heteroatoms. The van der Waals surface area contributed by atoms with Gasteiger partial charge in [0, 0.05) is 11.6 Å². The first-order valence-corrected chi connectivity index (χ1v) is 6.98. The van der Waals surface area contributed by atoms with Crippen LogP contribution in [0.1, 0.15) is 16.7 Å². The van der Waals surface area contributed by atoms with Gasteiger partial charge in [-0.05, 0) is 30.5 Å². The lowest BCUT2D eigenvalue weighted by Gasteiger charge is -2.13. The van der Waals surface area contributed by atoms with Gasteiger partial charge in [0.2, 0.25) is 6.79 Å². The van der Waals surface area contributed by atoms with Crippen LogP contribution in [0.4, 0.5) is 0 Å². The van der Waals surface area contributed by atoms with Crippen molar-refractivity contribution in [3.63, 3.8) is 0 Å². The van der Waals surface area contributed by atoms with Gasteiger partial charge in [-0.25, -0.2) is 0 Å².